The second-order valence-electron chi connectivity index (χ2n) is 7.25. The number of ether oxygens (including phenoxy) is 1. The van der Waals surface area contributed by atoms with E-state index in [0.717, 1.165) is 11.6 Å². The summed E-state index contributed by atoms with van der Waals surface area (Å²) >= 11 is 0. The van der Waals surface area contributed by atoms with Crippen molar-refractivity contribution in [2.45, 2.75) is 26.4 Å². The molecule has 0 spiro atoms. The van der Waals surface area contributed by atoms with Crippen molar-refractivity contribution in [3.05, 3.63) is 63.6 Å². The summed E-state index contributed by atoms with van der Waals surface area (Å²) < 4.78 is 46.8. The molecule has 2 aromatic heterocycles. The SMILES string of the molecule is [C-]#[N+]c1cc(N2CCOCC2)nc2c(Cc3cccc(C(F)(F)F)c3C)c(C)nn12. The number of alkyl halides is 3. The average Bonchev–Trinajstić information content (AvgIpc) is 3.04. The number of fused-ring (bicyclic) bond motifs is 1. The molecule has 156 valence electrons. The van der Waals surface area contributed by atoms with E-state index in [-0.39, 0.29) is 12.0 Å². The third-order valence-electron chi connectivity index (χ3n) is 5.42. The predicted molar refractivity (Wildman–Crippen MR) is 106 cm³/mol. The van der Waals surface area contributed by atoms with Gasteiger partial charge in [-0.1, -0.05) is 23.8 Å². The minimum atomic E-state index is -4.41. The monoisotopic (exact) mass is 415 g/mol. The molecular formula is C21H20F3N5O. The van der Waals surface area contributed by atoms with Crippen molar-refractivity contribution >= 4 is 17.3 Å². The smallest absolute Gasteiger partial charge is 0.378 e. The van der Waals surface area contributed by atoms with E-state index in [1.165, 1.54) is 17.5 Å². The molecule has 3 heterocycles. The number of aryl methyl sites for hydroxylation is 1. The summed E-state index contributed by atoms with van der Waals surface area (Å²) in [6.45, 7) is 13.3. The number of benzene rings is 1. The lowest BCUT2D eigenvalue weighted by molar-refractivity contribution is -0.138. The molecule has 3 aromatic rings. The molecule has 30 heavy (non-hydrogen) atoms. The van der Waals surface area contributed by atoms with Gasteiger partial charge >= 0.3 is 6.18 Å². The molecule has 6 nitrogen and oxygen atoms in total. The van der Waals surface area contributed by atoms with Crippen molar-refractivity contribution in [2.24, 2.45) is 0 Å². The first-order valence-electron chi connectivity index (χ1n) is 9.54. The van der Waals surface area contributed by atoms with Gasteiger partial charge in [0.15, 0.2) is 0 Å². The van der Waals surface area contributed by atoms with Gasteiger partial charge in [0.25, 0.3) is 5.82 Å². The van der Waals surface area contributed by atoms with E-state index in [4.69, 9.17) is 16.3 Å². The standard InChI is InChI=1S/C21H20F3N5O/c1-13-15(5-4-6-17(13)21(22,23)24)11-16-14(2)27-29-18(25-3)12-19(26-20(16)29)28-7-9-30-10-8-28/h4-6,12H,7-11H2,1-2H3. The highest BCUT2D eigenvalue weighted by Crippen LogP contribution is 2.34. The van der Waals surface area contributed by atoms with Crippen LogP contribution >= 0.6 is 0 Å². The van der Waals surface area contributed by atoms with Crippen molar-refractivity contribution < 1.29 is 17.9 Å². The number of aromatic nitrogens is 3. The molecule has 1 aliphatic heterocycles. The first-order valence-corrected chi connectivity index (χ1v) is 9.54. The number of halogens is 3. The quantitative estimate of drug-likeness (QED) is 0.597. The van der Waals surface area contributed by atoms with Crippen LogP contribution in [0.2, 0.25) is 0 Å². The van der Waals surface area contributed by atoms with Crippen molar-refractivity contribution in [3.8, 4) is 0 Å². The molecule has 4 rings (SSSR count). The van der Waals surface area contributed by atoms with Gasteiger partial charge < -0.3 is 14.5 Å². The first kappa shape index (κ1) is 20.2. The van der Waals surface area contributed by atoms with Crippen LogP contribution in [0.5, 0.6) is 0 Å². The molecule has 1 aromatic carbocycles. The van der Waals surface area contributed by atoms with E-state index < -0.39 is 11.7 Å². The van der Waals surface area contributed by atoms with Crippen molar-refractivity contribution in [1.82, 2.24) is 14.6 Å². The summed E-state index contributed by atoms with van der Waals surface area (Å²) in [4.78, 5) is 10.4. The van der Waals surface area contributed by atoms with Crippen LogP contribution in [-0.2, 0) is 17.3 Å². The molecule has 9 heteroatoms. The van der Waals surface area contributed by atoms with E-state index in [1.54, 1.807) is 19.1 Å². The predicted octanol–water partition coefficient (Wildman–Crippen LogP) is 4.34. The number of hydrogen-bond acceptors (Lipinski definition) is 4. The Balaban J connectivity index is 1.82. The van der Waals surface area contributed by atoms with Gasteiger partial charge in [0.1, 0.15) is 5.82 Å². The highest BCUT2D eigenvalue weighted by molar-refractivity contribution is 5.64. The van der Waals surface area contributed by atoms with E-state index in [2.05, 4.69) is 9.94 Å². The zero-order valence-electron chi connectivity index (χ0n) is 16.6. The fraction of sp³-hybridized carbons (Fsp3) is 0.381. The summed E-state index contributed by atoms with van der Waals surface area (Å²) in [7, 11) is 0. The van der Waals surface area contributed by atoms with Gasteiger partial charge in [0, 0.05) is 31.1 Å². The normalized spacial score (nSPS) is 14.9. The number of rotatable bonds is 3. The van der Waals surface area contributed by atoms with Gasteiger partial charge in [-0.25, -0.2) is 0 Å². The Morgan fingerprint density at radius 3 is 2.60 bits per heavy atom. The first-order chi connectivity index (χ1) is 14.3. The fourth-order valence-corrected chi connectivity index (χ4v) is 3.75. The fourth-order valence-electron chi connectivity index (χ4n) is 3.75. The summed E-state index contributed by atoms with van der Waals surface area (Å²) in [6.07, 6.45) is -4.16. The summed E-state index contributed by atoms with van der Waals surface area (Å²) in [5.41, 5.74) is 1.97. The minimum absolute atomic E-state index is 0.193. The Hall–Kier alpha value is -3.12. The Kier molecular flexibility index (Phi) is 5.12. The van der Waals surface area contributed by atoms with E-state index >= 15 is 0 Å². The van der Waals surface area contributed by atoms with Crippen LogP contribution < -0.4 is 4.90 Å². The maximum atomic E-state index is 13.3. The Morgan fingerprint density at radius 2 is 1.93 bits per heavy atom. The third kappa shape index (κ3) is 3.59. The van der Waals surface area contributed by atoms with Gasteiger partial charge in [0.05, 0.1) is 24.5 Å². The zero-order valence-corrected chi connectivity index (χ0v) is 16.6. The van der Waals surface area contributed by atoms with Gasteiger partial charge in [-0.3, -0.25) is 0 Å². The molecule has 0 bridgehead atoms. The molecule has 0 saturated carbocycles. The van der Waals surface area contributed by atoms with Crippen LogP contribution in [0.1, 0.15) is 27.9 Å². The van der Waals surface area contributed by atoms with E-state index in [0.29, 0.717) is 54.8 Å². The maximum Gasteiger partial charge on any atom is 0.416 e. The van der Waals surface area contributed by atoms with Crippen molar-refractivity contribution in [2.75, 3.05) is 31.2 Å². The Morgan fingerprint density at radius 1 is 1.20 bits per heavy atom. The van der Waals surface area contributed by atoms with Gasteiger partial charge in [0.2, 0.25) is 5.65 Å². The van der Waals surface area contributed by atoms with Crippen LogP contribution in [0, 0.1) is 20.4 Å². The van der Waals surface area contributed by atoms with Gasteiger partial charge in [-0.05, 0) is 31.0 Å². The molecular weight excluding hydrogens is 395 g/mol. The lowest BCUT2D eigenvalue weighted by Crippen LogP contribution is -2.36. The Labute approximate surface area is 171 Å². The molecule has 0 radical (unpaired) electrons. The topological polar surface area (TPSA) is 47.0 Å². The van der Waals surface area contributed by atoms with E-state index in [9.17, 15) is 13.2 Å². The van der Waals surface area contributed by atoms with Crippen LogP contribution in [0.4, 0.5) is 24.8 Å². The minimum Gasteiger partial charge on any atom is -0.378 e. The molecule has 0 unspecified atom stereocenters. The van der Waals surface area contributed by atoms with Gasteiger partial charge in [-0.2, -0.15) is 18.2 Å². The lowest BCUT2D eigenvalue weighted by atomic mass is 9.96. The summed E-state index contributed by atoms with van der Waals surface area (Å²) in [5.74, 6) is 0.968. The molecule has 1 fully saturated rings. The van der Waals surface area contributed by atoms with Crippen LogP contribution in [0.25, 0.3) is 10.5 Å². The average molecular weight is 415 g/mol. The number of morpholine rings is 1. The molecule has 0 atom stereocenters. The third-order valence-corrected chi connectivity index (χ3v) is 5.42. The second-order valence-corrected chi connectivity index (χ2v) is 7.25. The molecule has 1 saturated heterocycles. The number of anilines is 1. The van der Waals surface area contributed by atoms with Crippen molar-refractivity contribution in [1.29, 1.82) is 0 Å². The Bertz CT molecular complexity index is 1140. The lowest BCUT2D eigenvalue weighted by Gasteiger charge is -2.27. The maximum absolute atomic E-state index is 13.3. The van der Waals surface area contributed by atoms with Crippen LogP contribution in [-0.4, -0.2) is 40.9 Å². The van der Waals surface area contributed by atoms with Crippen LogP contribution in [0.15, 0.2) is 24.3 Å². The van der Waals surface area contributed by atoms with Crippen LogP contribution in [0.3, 0.4) is 0 Å². The number of hydrogen-bond donors (Lipinski definition) is 0. The molecule has 0 N–H and O–H groups in total. The number of nitrogens with zero attached hydrogens (tertiary/aromatic N) is 5. The molecule has 0 amide bonds. The highest BCUT2D eigenvalue weighted by atomic mass is 19.4. The second kappa shape index (κ2) is 7.61. The largest absolute Gasteiger partial charge is 0.416 e. The summed E-state index contributed by atoms with van der Waals surface area (Å²) in [5, 5.41) is 4.44. The summed E-state index contributed by atoms with van der Waals surface area (Å²) in [6, 6.07) is 5.89. The molecule has 0 aliphatic carbocycles. The molecule has 1 aliphatic rings. The van der Waals surface area contributed by atoms with Crippen molar-refractivity contribution in [3.63, 3.8) is 0 Å². The van der Waals surface area contributed by atoms with E-state index in [1.807, 2.05) is 4.90 Å². The highest BCUT2D eigenvalue weighted by Gasteiger charge is 2.33. The zero-order chi connectivity index (χ0) is 21.5. The van der Waals surface area contributed by atoms with Gasteiger partial charge in [-0.15, -0.1) is 4.52 Å².